The quantitative estimate of drug-likeness (QED) is 0.360. The highest BCUT2D eigenvalue weighted by atomic mass is 35.5. The van der Waals surface area contributed by atoms with Gasteiger partial charge in [0.1, 0.15) is 23.7 Å². The molecule has 4 amide bonds. The number of allylic oxidation sites excluding steroid dienone is 1. The van der Waals surface area contributed by atoms with Gasteiger partial charge in [-0.3, -0.25) is 14.5 Å². The molecule has 3 aromatic carbocycles. The third kappa shape index (κ3) is 4.98. The average Bonchev–Trinajstić information content (AvgIpc) is 3.47. The van der Waals surface area contributed by atoms with Gasteiger partial charge in [0, 0.05) is 10.9 Å². The van der Waals surface area contributed by atoms with E-state index in [2.05, 4.69) is 5.32 Å². The Hall–Kier alpha value is -4.37. The molecule has 1 saturated carbocycles. The lowest BCUT2D eigenvalue weighted by atomic mass is 9.77. The van der Waals surface area contributed by atoms with Gasteiger partial charge in [-0.2, -0.15) is 5.10 Å². The molecular weight excluding hydrogens is 562 g/mol. The molecule has 2 aliphatic heterocycles. The second kappa shape index (κ2) is 10.8. The Kier molecular flexibility index (Phi) is 7.14. The van der Waals surface area contributed by atoms with Crippen LogP contribution in [0.2, 0.25) is 5.02 Å². The van der Waals surface area contributed by atoms with Gasteiger partial charge in [-0.25, -0.2) is 18.6 Å². The molecule has 214 valence electrons. The standard InChI is InChI=1S/C32H27ClF2N4O3/c1-32(22-9-11-23(33)12-10-22)30(41)38(31(42)36-32)18-27(40)39-29(20-7-15-25(35)16-8-20)26-4-2-3-21(28(26)37-39)17-19-5-13-24(34)14-6-19/h5-17,26,29H,2-4,18H2,1H3,(H,36,42)/b21-17-/t26-,29+,32-/m1/s1. The monoisotopic (exact) mass is 588 g/mol. The first kappa shape index (κ1) is 27.8. The SMILES string of the molecule is C[C@]1(c2ccc(Cl)cc2)NC(=O)N(CC(=O)N2N=C3/C(=C\c4ccc(F)cc4)CCC[C@H]3[C@@H]2c2ccc(F)cc2)C1=O. The van der Waals surface area contributed by atoms with E-state index in [0.29, 0.717) is 16.1 Å². The van der Waals surface area contributed by atoms with E-state index in [0.717, 1.165) is 41.0 Å². The second-order valence-electron chi connectivity index (χ2n) is 10.9. The van der Waals surface area contributed by atoms with Crippen LogP contribution < -0.4 is 5.32 Å². The van der Waals surface area contributed by atoms with Crippen molar-refractivity contribution in [1.82, 2.24) is 15.2 Å². The van der Waals surface area contributed by atoms with Crippen molar-refractivity contribution in [3.05, 3.63) is 112 Å². The van der Waals surface area contributed by atoms with Crippen molar-refractivity contribution in [1.29, 1.82) is 0 Å². The molecule has 1 aliphatic carbocycles. The Labute approximate surface area is 246 Å². The van der Waals surface area contributed by atoms with E-state index in [1.807, 2.05) is 6.08 Å². The van der Waals surface area contributed by atoms with Crippen LogP contribution in [0.5, 0.6) is 0 Å². The lowest BCUT2D eigenvalue weighted by molar-refractivity contribution is -0.140. The van der Waals surface area contributed by atoms with Crippen LogP contribution in [0.15, 0.2) is 83.5 Å². The number of hydrazone groups is 1. The molecule has 3 aliphatic rings. The van der Waals surface area contributed by atoms with Gasteiger partial charge < -0.3 is 5.32 Å². The van der Waals surface area contributed by atoms with Crippen LogP contribution in [0.4, 0.5) is 13.6 Å². The highest BCUT2D eigenvalue weighted by Crippen LogP contribution is 2.44. The molecule has 2 fully saturated rings. The predicted octanol–water partition coefficient (Wildman–Crippen LogP) is 6.21. The summed E-state index contributed by atoms with van der Waals surface area (Å²) in [4.78, 5) is 41.3. The molecule has 7 nitrogen and oxygen atoms in total. The maximum Gasteiger partial charge on any atom is 0.325 e. The smallest absolute Gasteiger partial charge is 0.319 e. The van der Waals surface area contributed by atoms with E-state index in [9.17, 15) is 23.2 Å². The molecule has 42 heavy (non-hydrogen) atoms. The van der Waals surface area contributed by atoms with Crippen molar-refractivity contribution < 1.29 is 23.2 Å². The summed E-state index contributed by atoms with van der Waals surface area (Å²) < 4.78 is 27.3. The summed E-state index contributed by atoms with van der Waals surface area (Å²) in [6.07, 6.45) is 4.23. The summed E-state index contributed by atoms with van der Waals surface area (Å²) in [5.74, 6) is -2.03. The molecule has 0 spiro atoms. The van der Waals surface area contributed by atoms with Crippen LogP contribution in [-0.4, -0.2) is 40.0 Å². The molecule has 3 atom stereocenters. The van der Waals surface area contributed by atoms with Gasteiger partial charge in [0.05, 0.1) is 11.8 Å². The van der Waals surface area contributed by atoms with E-state index in [1.54, 1.807) is 55.5 Å². The Morgan fingerprint density at radius 1 is 1.02 bits per heavy atom. The van der Waals surface area contributed by atoms with E-state index >= 15 is 0 Å². The van der Waals surface area contributed by atoms with Crippen LogP contribution >= 0.6 is 11.6 Å². The van der Waals surface area contributed by atoms with Gasteiger partial charge >= 0.3 is 6.03 Å². The van der Waals surface area contributed by atoms with Crippen LogP contribution in [0.25, 0.3) is 6.08 Å². The van der Waals surface area contributed by atoms with Crippen molar-refractivity contribution >= 4 is 41.2 Å². The van der Waals surface area contributed by atoms with Gasteiger partial charge in [0.25, 0.3) is 11.8 Å². The normalized spacial score (nSPS) is 24.6. The van der Waals surface area contributed by atoms with E-state index < -0.39 is 41.8 Å². The maximum absolute atomic E-state index is 13.9. The number of nitrogens with zero attached hydrogens (tertiary/aromatic N) is 3. The molecule has 0 bridgehead atoms. The Morgan fingerprint density at radius 3 is 2.33 bits per heavy atom. The molecule has 0 radical (unpaired) electrons. The number of hydrogen-bond acceptors (Lipinski definition) is 4. The molecule has 6 rings (SSSR count). The van der Waals surface area contributed by atoms with Crippen molar-refractivity contribution in [2.45, 2.75) is 37.8 Å². The zero-order valence-electron chi connectivity index (χ0n) is 22.7. The lowest BCUT2D eigenvalue weighted by Crippen LogP contribution is -2.44. The third-order valence-electron chi connectivity index (χ3n) is 8.17. The van der Waals surface area contributed by atoms with Gasteiger partial charge in [-0.15, -0.1) is 0 Å². The summed E-state index contributed by atoms with van der Waals surface area (Å²) in [5.41, 5.74) is 2.31. The summed E-state index contributed by atoms with van der Waals surface area (Å²) >= 11 is 6.00. The Bertz CT molecular complexity index is 1620. The minimum absolute atomic E-state index is 0.178. The van der Waals surface area contributed by atoms with Gasteiger partial charge in [-0.1, -0.05) is 48.0 Å². The van der Waals surface area contributed by atoms with Crippen molar-refractivity contribution in [3.63, 3.8) is 0 Å². The topological polar surface area (TPSA) is 82.1 Å². The van der Waals surface area contributed by atoms with Gasteiger partial charge in [0.2, 0.25) is 0 Å². The Balaban J connectivity index is 1.32. The fourth-order valence-electron chi connectivity index (χ4n) is 5.99. The zero-order valence-corrected chi connectivity index (χ0v) is 23.4. The Morgan fingerprint density at radius 2 is 1.67 bits per heavy atom. The average molecular weight is 589 g/mol. The number of hydrogen-bond donors (Lipinski definition) is 1. The molecular formula is C32H27ClF2N4O3. The van der Waals surface area contributed by atoms with Crippen LogP contribution in [0.3, 0.4) is 0 Å². The van der Waals surface area contributed by atoms with E-state index in [1.165, 1.54) is 29.3 Å². The lowest BCUT2D eigenvalue weighted by Gasteiger charge is -2.30. The summed E-state index contributed by atoms with van der Waals surface area (Å²) in [5, 5.41) is 9.29. The first-order chi connectivity index (χ1) is 20.1. The fraction of sp³-hybridized carbons (Fsp3) is 0.250. The largest absolute Gasteiger partial charge is 0.325 e. The number of fused-ring (bicyclic) bond motifs is 1. The summed E-state index contributed by atoms with van der Waals surface area (Å²) in [7, 11) is 0. The number of rotatable bonds is 5. The highest BCUT2D eigenvalue weighted by molar-refractivity contribution is 6.30. The highest BCUT2D eigenvalue weighted by Gasteiger charge is 2.51. The second-order valence-corrected chi connectivity index (χ2v) is 11.3. The number of imide groups is 1. The zero-order chi connectivity index (χ0) is 29.6. The number of nitrogens with one attached hydrogen (secondary N) is 1. The van der Waals surface area contributed by atoms with Crippen molar-refractivity contribution in [3.8, 4) is 0 Å². The fourth-order valence-corrected chi connectivity index (χ4v) is 6.11. The molecule has 3 aromatic rings. The van der Waals surface area contributed by atoms with Crippen molar-refractivity contribution in [2.24, 2.45) is 11.0 Å². The minimum atomic E-state index is -1.37. The molecule has 0 aromatic heterocycles. The molecule has 1 N–H and O–H groups in total. The molecule has 10 heteroatoms. The first-order valence-electron chi connectivity index (χ1n) is 13.7. The number of carbonyl (C=O) groups excluding carboxylic acids is 3. The number of carbonyl (C=O) groups is 3. The minimum Gasteiger partial charge on any atom is -0.319 e. The first-order valence-corrected chi connectivity index (χ1v) is 14.0. The van der Waals surface area contributed by atoms with E-state index in [4.69, 9.17) is 16.7 Å². The van der Waals surface area contributed by atoms with Crippen LogP contribution in [0.1, 0.15) is 48.9 Å². The van der Waals surface area contributed by atoms with Gasteiger partial charge in [-0.05, 0) is 90.9 Å². The van der Waals surface area contributed by atoms with Crippen LogP contribution in [-0.2, 0) is 15.1 Å². The number of urea groups is 1. The van der Waals surface area contributed by atoms with E-state index in [-0.39, 0.29) is 11.7 Å². The molecule has 0 unspecified atom stereocenters. The maximum atomic E-state index is 13.9. The van der Waals surface area contributed by atoms with Crippen LogP contribution in [0, 0.1) is 17.6 Å². The molecule has 2 heterocycles. The predicted molar refractivity (Wildman–Crippen MR) is 154 cm³/mol. The van der Waals surface area contributed by atoms with Gasteiger partial charge in [0.15, 0.2) is 0 Å². The molecule has 1 saturated heterocycles. The third-order valence-corrected chi connectivity index (χ3v) is 8.42. The summed E-state index contributed by atoms with van der Waals surface area (Å²) in [6.45, 7) is 1.06. The van der Waals surface area contributed by atoms with Crippen molar-refractivity contribution in [2.75, 3.05) is 6.54 Å². The number of benzene rings is 3. The number of halogens is 3. The number of amides is 4. The summed E-state index contributed by atoms with van der Waals surface area (Å²) in [6, 6.07) is 17.4.